The number of anilines is 1. The molecule has 0 bridgehead atoms. The zero-order valence-corrected chi connectivity index (χ0v) is 39.6. The molecule has 10 atom stereocenters. The highest BCUT2D eigenvalue weighted by atomic mass is 17.2. The number of allylic oxidation sites excluding steroid dienone is 1. The number of phenolic OH excluding ortho intramolecular Hbond substituents is 2. The Labute approximate surface area is 405 Å². The Morgan fingerprint density at radius 3 is 2.57 bits per heavy atom. The minimum atomic E-state index is -2.42. The van der Waals surface area contributed by atoms with E-state index in [1.54, 1.807) is 19.2 Å². The zero-order chi connectivity index (χ0) is 49.1. The average Bonchev–Trinajstić information content (AvgIpc) is 4.18. The summed E-state index contributed by atoms with van der Waals surface area (Å²) in [5, 5.41) is 84.8. The largest absolute Gasteiger partial charge is 0.508 e. The number of rotatable bonds is 16. The molecule has 4 aromatic rings. The van der Waals surface area contributed by atoms with Gasteiger partial charge in [-0.3, -0.25) is 14.6 Å². The second-order valence-corrected chi connectivity index (χ2v) is 20.5. The summed E-state index contributed by atoms with van der Waals surface area (Å²) in [6.07, 6.45) is 6.01. The van der Waals surface area contributed by atoms with Gasteiger partial charge in [0.25, 0.3) is 0 Å². The van der Waals surface area contributed by atoms with Crippen molar-refractivity contribution >= 4 is 39.6 Å². The molecule has 4 aliphatic heterocycles. The SMILES string of the molecule is CCC1C2=CC=NC2=CN1c1c2c(cc3c(=O)cc(C)oc13)CC(OOCC(O)(Cc1ccc(O)c3ccc(O)cc13)C(O)C(O)C(O)CO)C1(CC(C3CNC(=O)C3)CCC1CNC1CCCC1)O2. The molecule has 9 N–H and O–H groups in total. The van der Waals surface area contributed by atoms with Gasteiger partial charge >= 0.3 is 0 Å². The monoisotopic (exact) mass is 964 g/mol. The lowest BCUT2D eigenvalue weighted by Crippen LogP contribution is -2.63. The summed E-state index contributed by atoms with van der Waals surface area (Å²) in [5.41, 5.74) is 0.0130. The van der Waals surface area contributed by atoms with Gasteiger partial charge in [0.05, 0.1) is 23.7 Å². The molecule has 17 nitrogen and oxygen atoms in total. The van der Waals surface area contributed by atoms with E-state index in [4.69, 9.17) is 18.9 Å². The first-order valence-electron chi connectivity index (χ1n) is 24.8. The van der Waals surface area contributed by atoms with Gasteiger partial charge in [0, 0.05) is 79.3 Å². The molecule has 1 aromatic heterocycles. The number of aliphatic hydroxyl groups is 5. The van der Waals surface area contributed by atoms with Crippen LogP contribution in [0.1, 0.15) is 81.6 Å². The van der Waals surface area contributed by atoms with Gasteiger partial charge in [0.2, 0.25) is 5.91 Å². The summed E-state index contributed by atoms with van der Waals surface area (Å²) in [7, 11) is 0. The van der Waals surface area contributed by atoms with E-state index in [0.717, 1.165) is 43.4 Å². The van der Waals surface area contributed by atoms with E-state index in [1.807, 2.05) is 12.3 Å². The maximum Gasteiger partial charge on any atom is 0.220 e. The summed E-state index contributed by atoms with van der Waals surface area (Å²) in [5.74, 6) is 0.605. The van der Waals surface area contributed by atoms with Crippen LogP contribution in [0.25, 0.3) is 21.7 Å². The van der Waals surface area contributed by atoms with Crippen LogP contribution >= 0.6 is 0 Å². The molecule has 1 saturated heterocycles. The van der Waals surface area contributed by atoms with Crippen LogP contribution in [-0.4, -0.2) is 122 Å². The molecule has 10 unspecified atom stereocenters. The Kier molecular flexibility index (Phi) is 13.3. The molecule has 0 radical (unpaired) electrons. The second kappa shape index (κ2) is 19.3. The van der Waals surface area contributed by atoms with Gasteiger partial charge in [0.1, 0.15) is 65.2 Å². The number of hydrogen-bond acceptors (Lipinski definition) is 16. The van der Waals surface area contributed by atoms with Crippen molar-refractivity contribution in [2.24, 2.45) is 22.7 Å². The molecule has 6 aliphatic rings. The van der Waals surface area contributed by atoms with E-state index in [-0.39, 0.29) is 53.1 Å². The van der Waals surface area contributed by atoms with Gasteiger partial charge in [-0.05, 0) is 105 Å². The van der Waals surface area contributed by atoms with Crippen LogP contribution in [0.5, 0.6) is 17.2 Å². The molecule has 10 rings (SSSR count). The fraction of sp³-hybridized carbons (Fsp3) is 0.528. The van der Waals surface area contributed by atoms with Crippen LogP contribution in [0.2, 0.25) is 0 Å². The Morgan fingerprint density at radius 1 is 1.00 bits per heavy atom. The normalized spacial score (nSPS) is 27.6. The van der Waals surface area contributed by atoms with E-state index in [1.165, 1.54) is 36.4 Å². The molecular formula is C53H64N4O13. The van der Waals surface area contributed by atoms with Crippen molar-refractivity contribution in [2.75, 3.05) is 31.2 Å². The van der Waals surface area contributed by atoms with Gasteiger partial charge in [-0.15, -0.1) is 0 Å². The molecule has 5 heterocycles. The third-order valence-corrected chi connectivity index (χ3v) is 16.1. The molecule has 3 aromatic carbocycles. The first-order valence-corrected chi connectivity index (χ1v) is 24.8. The molecule has 2 aliphatic carbocycles. The summed E-state index contributed by atoms with van der Waals surface area (Å²) in [6, 6.07) is 10.6. The van der Waals surface area contributed by atoms with Crippen molar-refractivity contribution in [3.8, 4) is 17.2 Å². The van der Waals surface area contributed by atoms with Crippen molar-refractivity contribution in [1.82, 2.24) is 10.6 Å². The van der Waals surface area contributed by atoms with Crippen LogP contribution in [-0.2, 0) is 27.4 Å². The number of aliphatic hydroxyl groups excluding tert-OH is 4. The number of aromatic hydroxyl groups is 2. The van der Waals surface area contributed by atoms with Gasteiger partial charge in [-0.1, -0.05) is 25.8 Å². The topological polar surface area (TPSA) is 256 Å². The minimum Gasteiger partial charge on any atom is -0.508 e. The van der Waals surface area contributed by atoms with Crippen LogP contribution in [0, 0.1) is 24.7 Å². The van der Waals surface area contributed by atoms with Crippen LogP contribution < -0.4 is 25.7 Å². The molecule has 70 heavy (non-hydrogen) atoms. The smallest absolute Gasteiger partial charge is 0.220 e. The predicted molar refractivity (Wildman–Crippen MR) is 260 cm³/mol. The van der Waals surface area contributed by atoms with Gasteiger partial charge < -0.3 is 60.4 Å². The number of fused-ring (bicyclic) bond motifs is 4. The number of phenols is 2. The number of nitrogens with zero attached hydrogens (tertiary/aromatic N) is 2. The molecular weight excluding hydrogens is 901 g/mol. The molecule has 1 amide bonds. The third-order valence-electron chi connectivity index (χ3n) is 16.1. The number of amides is 1. The standard InChI is InChI=1S/C53H64N4O13/c1-3-41-37-14-15-54-40(37)25-57(41)47-49-31(17-39-43(61)16-28(2)68-50(39)47)18-45(53(69-49)22-29(32-19-46(63)56-23-32)8-10-33(53)24-55-34-6-4-5-7-34)70-67-27-52(66,51(65)48(64)44(62)26-58)21-30-9-13-42(60)36-12-11-35(59)20-38(30)36/h9,11-17,20,25,29,32-34,41,44-45,48,51,55,58-60,62,64-66H,3-8,10,18-19,21-24,26-27H2,1-2H3,(H,56,63). The van der Waals surface area contributed by atoms with Crippen molar-refractivity contribution in [3.63, 3.8) is 0 Å². The van der Waals surface area contributed by atoms with E-state index in [9.17, 15) is 45.3 Å². The molecule has 374 valence electrons. The second-order valence-electron chi connectivity index (χ2n) is 20.5. The van der Waals surface area contributed by atoms with Crippen LogP contribution in [0.15, 0.2) is 80.2 Å². The third kappa shape index (κ3) is 8.78. The Balaban J connectivity index is 1.08. The van der Waals surface area contributed by atoms with Gasteiger partial charge in [-0.25, -0.2) is 9.78 Å². The van der Waals surface area contributed by atoms with Crippen molar-refractivity contribution < 1.29 is 59.5 Å². The molecule has 2 saturated carbocycles. The number of hydrogen-bond donors (Lipinski definition) is 9. The van der Waals surface area contributed by atoms with Crippen LogP contribution in [0.3, 0.4) is 0 Å². The van der Waals surface area contributed by atoms with Crippen molar-refractivity contribution in [1.29, 1.82) is 0 Å². The lowest BCUT2D eigenvalue weighted by Gasteiger charge is -2.54. The van der Waals surface area contributed by atoms with E-state index in [2.05, 4.69) is 27.4 Å². The quantitative estimate of drug-likeness (QED) is 0.0563. The molecule has 17 heteroatoms. The number of aryl methyl sites for hydroxylation is 1. The highest BCUT2D eigenvalue weighted by molar-refractivity contribution is 5.97. The first kappa shape index (κ1) is 48.3. The molecule has 1 spiro atoms. The minimum absolute atomic E-state index is 0.00701. The summed E-state index contributed by atoms with van der Waals surface area (Å²) >= 11 is 0. The highest BCUT2D eigenvalue weighted by Crippen LogP contribution is 2.55. The van der Waals surface area contributed by atoms with Crippen LogP contribution in [0.4, 0.5) is 5.69 Å². The highest BCUT2D eigenvalue weighted by Gasteiger charge is 2.58. The fourth-order valence-corrected chi connectivity index (χ4v) is 12.3. The van der Waals surface area contributed by atoms with Gasteiger partial charge in [0.15, 0.2) is 16.8 Å². The van der Waals surface area contributed by atoms with E-state index >= 15 is 0 Å². The summed E-state index contributed by atoms with van der Waals surface area (Å²) in [4.78, 5) is 46.4. The van der Waals surface area contributed by atoms with E-state index < -0.39 is 55.3 Å². The summed E-state index contributed by atoms with van der Waals surface area (Å²) < 4.78 is 14.3. The number of carbonyl (C=O) groups excluding carboxylic acids is 1. The number of carbonyl (C=O) groups is 1. The number of benzene rings is 3. The lowest BCUT2D eigenvalue weighted by atomic mass is 9.63. The number of nitrogens with one attached hydrogen (secondary N) is 2. The maximum absolute atomic E-state index is 14.0. The Hall–Kier alpha value is -5.37. The van der Waals surface area contributed by atoms with E-state index in [0.29, 0.717) is 94.9 Å². The van der Waals surface area contributed by atoms with Crippen molar-refractivity contribution in [2.45, 2.75) is 132 Å². The van der Waals surface area contributed by atoms with Gasteiger partial charge in [-0.2, -0.15) is 0 Å². The molecule has 3 fully saturated rings. The van der Waals surface area contributed by atoms with Crippen molar-refractivity contribution in [3.05, 3.63) is 93.1 Å². The number of aliphatic imine (C=N–C) groups is 1. The number of ether oxygens (including phenoxy) is 1. The predicted octanol–water partition coefficient (Wildman–Crippen LogP) is 4.24. The Bertz CT molecular complexity index is 2800. The first-order chi connectivity index (χ1) is 33.7. The lowest BCUT2D eigenvalue weighted by molar-refractivity contribution is -0.378. The fourth-order valence-electron chi connectivity index (χ4n) is 12.3. The Morgan fingerprint density at radius 2 is 1.81 bits per heavy atom. The summed E-state index contributed by atoms with van der Waals surface area (Å²) in [6.45, 7) is 3.25. The zero-order valence-electron chi connectivity index (χ0n) is 39.6. The average molecular weight is 965 g/mol. The maximum atomic E-state index is 14.0.